The van der Waals surface area contributed by atoms with Crippen molar-refractivity contribution in [3.05, 3.63) is 29.1 Å². The van der Waals surface area contributed by atoms with Crippen molar-refractivity contribution < 1.29 is 12.8 Å². The van der Waals surface area contributed by atoms with Crippen LogP contribution in [0.25, 0.3) is 0 Å². The van der Waals surface area contributed by atoms with E-state index in [0.717, 1.165) is 6.42 Å². The number of hydrogen-bond donors (Lipinski definition) is 2. The van der Waals surface area contributed by atoms with Gasteiger partial charge >= 0.3 is 0 Å². The van der Waals surface area contributed by atoms with E-state index in [1.807, 2.05) is 6.92 Å². The zero-order valence-corrected chi connectivity index (χ0v) is 12.6. The summed E-state index contributed by atoms with van der Waals surface area (Å²) in [5, 5.41) is 0. The highest BCUT2D eigenvalue weighted by atomic mass is 32.2. The van der Waals surface area contributed by atoms with Crippen LogP contribution in [-0.2, 0) is 16.6 Å². The highest BCUT2D eigenvalue weighted by Crippen LogP contribution is 2.33. The van der Waals surface area contributed by atoms with E-state index in [2.05, 4.69) is 4.72 Å². The van der Waals surface area contributed by atoms with Gasteiger partial charge in [-0.1, -0.05) is 12.8 Å². The molecular formula is C14H21FN2O2S. The van der Waals surface area contributed by atoms with Crippen LogP contribution in [0.1, 0.15) is 37.3 Å². The SMILES string of the molecule is Cc1c(F)cc(CN)cc1S(=O)(=O)NC(C)CC1CC1. The third kappa shape index (κ3) is 3.56. The van der Waals surface area contributed by atoms with Crippen molar-refractivity contribution in [2.45, 2.75) is 50.6 Å². The molecule has 1 aromatic rings. The molecule has 0 spiro atoms. The van der Waals surface area contributed by atoms with Gasteiger partial charge in [0.25, 0.3) is 0 Å². The molecule has 4 nitrogen and oxygen atoms in total. The molecule has 0 heterocycles. The third-order valence-electron chi connectivity index (χ3n) is 3.62. The van der Waals surface area contributed by atoms with Gasteiger partial charge in [0.1, 0.15) is 5.82 Å². The van der Waals surface area contributed by atoms with E-state index in [1.54, 1.807) is 0 Å². The van der Waals surface area contributed by atoms with Crippen molar-refractivity contribution in [2.75, 3.05) is 0 Å². The second kappa shape index (κ2) is 5.79. The Morgan fingerprint density at radius 3 is 2.65 bits per heavy atom. The smallest absolute Gasteiger partial charge is 0.241 e. The van der Waals surface area contributed by atoms with Gasteiger partial charge in [0.15, 0.2) is 0 Å². The first-order valence-corrected chi connectivity index (χ1v) is 8.33. The van der Waals surface area contributed by atoms with E-state index < -0.39 is 15.8 Å². The average Bonchev–Trinajstić information content (AvgIpc) is 3.15. The van der Waals surface area contributed by atoms with Crippen LogP contribution in [0.3, 0.4) is 0 Å². The lowest BCUT2D eigenvalue weighted by Crippen LogP contribution is -2.33. The van der Waals surface area contributed by atoms with E-state index in [0.29, 0.717) is 11.5 Å². The Kier molecular flexibility index (Phi) is 4.46. The number of nitrogens with one attached hydrogen (secondary N) is 1. The minimum atomic E-state index is -3.71. The molecule has 20 heavy (non-hydrogen) atoms. The molecule has 1 atom stereocenters. The van der Waals surface area contributed by atoms with E-state index in [1.165, 1.54) is 31.9 Å². The van der Waals surface area contributed by atoms with Crippen molar-refractivity contribution in [1.29, 1.82) is 0 Å². The maximum atomic E-state index is 13.8. The summed E-state index contributed by atoms with van der Waals surface area (Å²) in [6, 6.07) is 2.59. The minimum Gasteiger partial charge on any atom is -0.326 e. The number of halogens is 1. The van der Waals surface area contributed by atoms with Crippen molar-refractivity contribution in [3.8, 4) is 0 Å². The molecule has 1 aliphatic carbocycles. The summed E-state index contributed by atoms with van der Waals surface area (Å²) >= 11 is 0. The molecule has 3 N–H and O–H groups in total. The van der Waals surface area contributed by atoms with Crippen LogP contribution in [0, 0.1) is 18.7 Å². The molecule has 0 saturated heterocycles. The molecule has 6 heteroatoms. The molecule has 2 rings (SSSR count). The van der Waals surface area contributed by atoms with Crippen LogP contribution in [0.15, 0.2) is 17.0 Å². The second-order valence-corrected chi connectivity index (χ2v) is 7.29. The summed E-state index contributed by atoms with van der Waals surface area (Å²) in [5.41, 5.74) is 6.08. The van der Waals surface area contributed by atoms with Crippen molar-refractivity contribution in [2.24, 2.45) is 11.7 Å². The predicted octanol–water partition coefficient (Wildman–Crippen LogP) is 2.06. The van der Waals surface area contributed by atoms with Gasteiger partial charge in [0, 0.05) is 18.2 Å². The Hall–Kier alpha value is -0.980. The molecule has 0 aromatic heterocycles. The minimum absolute atomic E-state index is 0.0133. The first-order valence-electron chi connectivity index (χ1n) is 6.85. The van der Waals surface area contributed by atoms with Gasteiger partial charge in [-0.25, -0.2) is 17.5 Å². The van der Waals surface area contributed by atoms with Crippen LogP contribution >= 0.6 is 0 Å². The lowest BCUT2D eigenvalue weighted by Gasteiger charge is -2.16. The Balaban J connectivity index is 2.25. The number of benzene rings is 1. The Labute approximate surface area is 119 Å². The quantitative estimate of drug-likeness (QED) is 0.844. The molecule has 1 saturated carbocycles. The molecule has 0 radical (unpaired) electrons. The van der Waals surface area contributed by atoms with Crippen LogP contribution < -0.4 is 10.5 Å². The maximum Gasteiger partial charge on any atom is 0.241 e. The summed E-state index contributed by atoms with van der Waals surface area (Å²) < 4.78 is 41.1. The van der Waals surface area contributed by atoms with Gasteiger partial charge < -0.3 is 5.73 Å². The highest BCUT2D eigenvalue weighted by Gasteiger charge is 2.27. The summed E-state index contributed by atoms with van der Waals surface area (Å²) in [6.07, 6.45) is 3.17. The molecule has 0 amide bonds. The number of nitrogens with two attached hydrogens (primary N) is 1. The van der Waals surface area contributed by atoms with E-state index >= 15 is 0 Å². The van der Waals surface area contributed by atoms with Gasteiger partial charge in [-0.05, 0) is 43.9 Å². The highest BCUT2D eigenvalue weighted by molar-refractivity contribution is 7.89. The van der Waals surface area contributed by atoms with Crippen LogP contribution in [-0.4, -0.2) is 14.5 Å². The molecule has 1 aromatic carbocycles. The summed E-state index contributed by atoms with van der Waals surface area (Å²) in [7, 11) is -3.71. The lowest BCUT2D eigenvalue weighted by molar-refractivity contribution is 0.527. The molecule has 1 unspecified atom stereocenters. The van der Waals surface area contributed by atoms with E-state index in [9.17, 15) is 12.8 Å². The van der Waals surface area contributed by atoms with Crippen LogP contribution in [0.4, 0.5) is 4.39 Å². The number of rotatable bonds is 6. The van der Waals surface area contributed by atoms with E-state index in [-0.39, 0.29) is 23.0 Å². The number of sulfonamides is 1. The zero-order chi connectivity index (χ0) is 14.9. The largest absolute Gasteiger partial charge is 0.326 e. The summed E-state index contributed by atoms with van der Waals surface area (Å²) in [6.45, 7) is 3.42. The summed E-state index contributed by atoms with van der Waals surface area (Å²) in [5.74, 6) is 0.0871. The van der Waals surface area contributed by atoms with Crippen LogP contribution in [0.2, 0.25) is 0 Å². The molecule has 0 aliphatic heterocycles. The van der Waals surface area contributed by atoms with Gasteiger partial charge in [0.05, 0.1) is 4.90 Å². The second-order valence-electron chi connectivity index (χ2n) is 5.61. The summed E-state index contributed by atoms with van der Waals surface area (Å²) in [4.78, 5) is -0.0133. The standard InChI is InChI=1S/C14H21FN2O2S/c1-9(5-11-3-4-11)17-20(18,19)14-7-12(8-16)6-13(15)10(14)2/h6-7,9,11,17H,3-5,8,16H2,1-2H3. The van der Waals surface area contributed by atoms with E-state index in [4.69, 9.17) is 5.73 Å². The fraction of sp³-hybridized carbons (Fsp3) is 0.571. The molecule has 0 bridgehead atoms. The number of hydrogen-bond acceptors (Lipinski definition) is 3. The van der Waals surface area contributed by atoms with Gasteiger partial charge in [-0.3, -0.25) is 0 Å². The van der Waals surface area contributed by atoms with Gasteiger partial charge in [0.2, 0.25) is 10.0 Å². The Morgan fingerprint density at radius 2 is 2.10 bits per heavy atom. The Bertz CT molecular complexity index is 597. The maximum absolute atomic E-state index is 13.8. The van der Waals surface area contributed by atoms with Crippen molar-refractivity contribution >= 4 is 10.0 Å². The fourth-order valence-corrected chi connectivity index (χ4v) is 3.89. The topological polar surface area (TPSA) is 72.2 Å². The van der Waals surface area contributed by atoms with Gasteiger partial charge in [-0.2, -0.15) is 0 Å². The average molecular weight is 300 g/mol. The molecule has 1 aliphatic rings. The normalized spacial score (nSPS) is 17.2. The monoisotopic (exact) mass is 300 g/mol. The first-order chi connectivity index (χ1) is 9.33. The van der Waals surface area contributed by atoms with Gasteiger partial charge in [-0.15, -0.1) is 0 Å². The molecule has 112 valence electrons. The van der Waals surface area contributed by atoms with Crippen molar-refractivity contribution in [3.63, 3.8) is 0 Å². The lowest BCUT2D eigenvalue weighted by atomic mass is 10.1. The van der Waals surface area contributed by atoms with Crippen molar-refractivity contribution in [1.82, 2.24) is 4.72 Å². The first kappa shape index (κ1) is 15.4. The zero-order valence-electron chi connectivity index (χ0n) is 11.8. The third-order valence-corrected chi connectivity index (χ3v) is 5.34. The Morgan fingerprint density at radius 1 is 1.45 bits per heavy atom. The fourth-order valence-electron chi connectivity index (χ4n) is 2.33. The predicted molar refractivity (Wildman–Crippen MR) is 76.2 cm³/mol. The molecule has 1 fully saturated rings. The van der Waals surface area contributed by atoms with Crippen LogP contribution in [0.5, 0.6) is 0 Å². The molecular weight excluding hydrogens is 279 g/mol.